The molecule has 17 heavy (non-hydrogen) atoms. The van der Waals surface area contributed by atoms with Gasteiger partial charge < -0.3 is 5.32 Å². The number of nitrogens with zero attached hydrogens (tertiary/aromatic N) is 2. The molecule has 94 valence electrons. The number of nitrogens with one attached hydrogen (secondary N) is 1. The Bertz CT molecular complexity index is 376. The smallest absolute Gasteiger partial charge is 0.148 e. The summed E-state index contributed by atoms with van der Waals surface area (Å²) in [6, 6.07) is 0. The average Bonchev–Trinajstić information content (AvgIpc) is 2.35. The van der Waals surface area contributed by atoms with Gasteiger partial charge in [0.2, 0.25) is 0 Å². The molecule has 1 aliphatic carbocycles. The SMILES string of the molecule is CC1CCC(CCl)(Nc2ncncc2Cl)CC1. The second kappa shape index (κ2) is 5.40. The van der Waals surface area contributed by atoms with Crippen LogP contribution in [-0.2, 0) is 0 Å². The predicted octanol–water partition coefficient (Wildman–Crippen LogP) is 3.73. The average molecular weight is 274 g/mol. The summed E-state index contributed by atoms with van der Waals surface area (Å²) in [5.41, 5.74) is -0.0634. The molecule has 1 N–H and O–H groups in total. The van der Waals surface area contributed by atoms with Gasteiger partial charge in [-0.3, -0.25) is 0 Å². The van der Waals surface area contributed by atoms with Crippen LogP contribution in [0.15, 0.2) is 12.5 Å². The Labute approximate surface area is 112 Å². The normalized spacial score (nSPS) is 29.0. The van der Waals surface area contributed by atoms with Crippen LogP contribution in [0.5, 0.6) is 0 Å². The predicted molar refractivity (Wildman–Crippen MR) is 71.7 cm³/mol. The summed E-state index contributed by atoms with van der Waals surface area (Å²) in [7, 11) is 0. The number of aromatic nitrogens is 2. The lowest BCUT2D eigenvalue weighted by molar-refractivity contribution is 0.286. The molecule has 1 aromatic rings. The van der Waals surface area contributed by atoms with Gasteiger partial charge in [0.05, 0.1) is 11.7 Å². The van der Waals surface area contributed by atoms with E-state index in [9.17, 15) is 0 Å². The molecule has 0 radical (unpaired) electrons. The van der Waals surface area contributed by atoms with Crippen molar-refractivity contribution in [1.29, 1.82) is 0 Å². The van der Waals surface area contributed by atoms with Gasteiger partial charge in [-0.05, 0) is 31.6 Å². The molecular formula is C12H17Cl2N3. The van der Waals surface area contributed by atoms with E-state index in [0.29, 0.717) is 16.7 Å². The van der Waals surface area contributed by atoms with Crippen LogP contribution in [0.1, 0.15) is 32.6 Å². The van der Waals surface area contributed by atoms with Gasteiger partial charge in [-0.1, -0.05) is 18.5 Å². The summed E-state index contributed by atoms with van der Waals surface area (Å²) in [4.78, 5) is 8.05. The second-order valence-corrected chi connectivity index (χ2v) is 5.62. The highest BCUT2D eigenvalue weighted by Crippen LogP contribution is 2.36. The number of anilines is 1. The molecule has 0 aliphatic heterocycles. The van der Waals surface area contributed by atoms with Gasteiger partial charge >= 0.3 is 0 Å². The molecule has 3 nitrogen and oxygen atoms in total. The lowest BCUT2D eigenvalue weighted by Gasteiger charge is -2.39. The fourth-order valence-electron chi connectivity index (χ4n) is 2.26. The standard InChI is InChI=1S/C12H17Cl2N3/c1-9-2-4-12(7-13,5-3-9)17-11-10(14)6-15-8-16-11/h6,8-9H,2-5,7H2,1H3,(H,15,16,17). The van der Waals surface area contributed by atoms with Gasteiger partial charge in [0, 0.05) is 5.88 Å². The Kier molecular flexibility index (Phi) is 4.10. The molecule has 1 aromatic heterocycles. The molecule has 1 aliphatic rings. The molecule has 0 saturated heterocycles. The summed E-state index contributed by atoms with van der Waals surface area (Å²) < 4.78 is 0. The van der Waals surface area contributed by atoms with Crippen LogP contribution in [0.3, 0.4) is 0 Å². The van der Waals surface area contributed by atoms with Crippen molar-refractivity contribution in [3.05, 3.63) is 17.5 Å². The zero-order chi connectivity index (χ0) is 12.3. The van der Waals surface area contributed by atoms with Crippen LogP contribution in [0.2, 0.25) is 5.02 Å². The summed E-state index contributed by atoms with van der Waals surface area (Å²) in [6.45, 7) is 2.29. The molecule has 0 spiro atoms. The summed E-state index contributed by atoms with van der Waals surface area (Å²) in [5.74, 6) is 2.06. The van der Waals surface area contributed by atoms with Gasteiger partial charge in [-0.2, -0.15) is 0 Å². The quantitative estimate of drug-likeness (QED) is 0.853. The van der Waals surface area contributed by atoms with Crippen LogP contribution in [0.25, 0.3) is 0 Å². The summed E-state index contributed by atoms with van der Waals surface area (Å²) in [5, 5.41) is 3.97. The van der Waals surface area contributed by atoms with Crippen LogP contribution in [-0.4, -0.2) is 21.4 Å². The van der Waals surface area contributed by atoms with Crippen molar-refractivity contribution in [1.82, 2.24) is 9.97 Å². The summed E-state index contributed by atoms with van der Waals surface area (Å²) >= 11 is 12.2. The largest absolute Gasteiger partial charge is 0.362 e. The van der Waals surface area contributed by atoms with Crippen molar-refractivity contribution in [2.75, 3.05) is 11.2 Å². The molecule has 5 heteroatoms. The molecule has 0 aromatic carbocycles. The van der Waals surface area contributed by atoms with E-state index in [2.05, 4.69) is 22.2 Å². The Morgan fingerprint density at radius 2 is 2.18 bits per heavy atom. The van der Waals surface area contributed by atoms with Gasteiger partial charge in [0.25, 0.3) is 0 Å². The third-order valence-corrected chi connectivity index (χ3v) is 4.33. The Hall–Kier alpha value is -0.540. The molecule has 2 rings (SSSR count). The molecule has 0 unspecified atom stereocenters. The monoisotopic (exact) mass is 273 g/mol. The number of hydrogen-bond donors (Lipinski definition) is 1. The first-order chi connectivity index (χ1) is 8.15. The highest BCUT2D eigenvalue weighted by atomic mass is 35.5. The molecule has 0 amide bonds. The number of hydrogen-bond acceptors (Lipinski definition) is 3. The van der Waals surface area contributed by atoms with E-state index < -0.39 is 0 Å². The summed E-state index contributed by atoms with van der Waals surface area (Å²) in [6.07, 6.45) is 7.63. The number of alkyl halides is 1. The van der Waals surface area contributed by atoms with Crippen molar-refractivity contribution in [3.8, 4) is 0 Å². The van der Waals surface area contributed by atoms with Crippen molar-refractivity contribution in [3.63, 3.8) is 0 Å². The van der Waals surface area contributed by atoms with Crippen LogP contribution in [0, 0.1) is 5.92 Å². The maximum Gasteiger partial charge on any atom is 0.148 e. The number of halogens is 2. The Morgan fingerprint density at radius 3 is 2.76 bits per heavy atom. The van der Waals surface area contributed by atoms with Crippen molar-refractivity contribution in [2.24, 2.45) is 5.92 Å². The highest BCUT2D eigenvalue weighted by Gasteiger charge is 2.34. The minimum absolute atomic E-state index is 0.0634. The highest BCUT2D eigenvalue weighted by molar-refractivity contribution is 6.32. The topological polar surface area (TPSA) is 37.8 Å². The van der Waals surface area contributed by atoms with E-state index in [1.807, 2.05) is 0 Å². The minimum atomic E-state index is -0.0634. The molecular weight excluding hydrogens is 257 g/mol. The van der Waals surface area contributed by atoms with Gasteiger partial charge in [0.15, 0.2) is 0 Å². The Balaban J connectivity index is 2.12. The maximum atomic E-state index is 6.14. The molecule has 1 saturated carbocycles. The molecule has 0 atom stereocenters. The third-order valence-electron chi connectivity index (χ3n) is 3.54. The van der Waals surface area contributed by atoms with E-state index >= 15 is 0 Å². The molecule has 0 bridgehead atoms. The van der Waals surface area contributed by atoms with Crippen molar-refractivity contribution >= 4 is 29.0 Å². The van der Waals surface area contributed by atoms with E-state index in [4.69, 9.17) is 23.2 Å². The van der Waals surface area contributed by atoms with Crippen molar-refractivity contribution in [2.45, 2.75) is 38.1 Å². The van der Waals surface area contributed by atoms with Gasteiger partial charge in [-0.15, -0.1) is 11.6 Å². The Morgan fingerprint density at radius 1 is 1.47 bits per heavy atom. The number of rotatable bonds is 3. The van der Waals surface area contributed by atoms with Crippen LogP contribution >= 0.6 is 23.2 Å². The van der Waals surface area contributed by atoms with E-state index in [1.54, 1.807) is 6.20 Å². The van der Waals surface area contributed by atoms with E-state index in [0.717, 1.165) is 18.8 Å². The zero-order valence-electron chi connectivity index (χ0n) is 9.92. The third kappa shape index (κ3) is 3.02. The first-order valence-electron chi connectivity index (χ1n) is 5.95. The lowest BCUT2D eigenvalue weighted by Crippen LogP contribution is -2.43. The zero-order valence-corrected chi connectivity index (χ0v) is 11.4. The van der Waals surface area contributed by atoms with Crippen LogP contribution in [0.4, 0.5) is 5.82 Å². The van der Waals surface area contributed by atoms with E-state index in [-0.39, 0.29) is 5.54 Å². The first kappa shape index (κ1) is 12.9. The second-order valence-electron chi connectivity index (χ2n) is 4.94. The maximum absolute atomic E-state index is 6.14. The van der Waals surface area contributed by atoms with Crippen molar-refractivity contribution < 1.29 is 0 Å². The lowest BCUT2D eigenvalue weighted by atomic mass is 9.78. The van der Waals surface area contributed by atoms with Crippen LogP contribution < -0.4 is 5.32 Å². The fourth-order valence-corrected chi connectivity index (χ4v) is 2.75. The first-order valence-corrected chi connectivity index (χ1v) is 6.86. The molecule has 1 fully saturated rings. The van der Waals surface area contributed by atoms with Gasteiger partial charge in [0.1, 0.15) is 17.2 Å². The fraction of sp³-hybridized carbons (Fsp3) is 0.667. The van der Waals surface area contributed by atoms with E-state index in [1.165, 1.54) is 19.2 Å². The molecule has 1 heterocycles. The van der Waals surface area contributed by atoms with Gasteiger partial charge in [-0.25, -0.2) is 9.97 Å². The minimum Gasteiger partial charge on any atom is -0.362 e.